The largest absolute Gasteiger partial charge is 0.394 e. The molecule has 0 aromatic heterocycles. The van der Waals surface area contributed by atoms with E-state index in [9.17, 15) is 5.11 Å². The van der Waals surface area contributed by atoms with Crippen molar-refractivity contribution in [2.75, 3.05) is 13.2 Å². The lowest BCUT2D eigenvalue weighted by Crippen LogP contribution is -2.55. The van der Waals surface area contributed by atoms with Gasteiger partial charge >= 0.3 is 0 Å². The molecular weight excluding hydrogens is 262 g/mol. The van der Waals surface area contributed by atoms with Gasteiger partial charge < -0.3 is 15.2 Å². The van der Waals surface area contributed by atoms with Crippen LogP contribution in [0.2, 0.25) is 0 Å². The summed E-state index contributed by atoms with van der Waals surface area (Å²) in [6.07, 6.45) is 9.70. The fourth-order valence-corrected chi connectivity index (χ4v) is 3.55. The lowest BCUT2D eigenvalue weighted by molar-refractivity contribution is -0.0321. The van der Waals surface area contributed by atoms with Crippen LogP contribution >= 0.6 is 0 Å². The Hall–Kier alpha value is -0.120. The van der Waals surface area contributed by atoms with E-state index in [2.05, 4.69) is 33.0 Å². The standard InChI is InChI=1S/C18H37NO2/c1-5-7-9-16(6-2)13-21-17-10-8-11-18(12-17,14-20)19-15(3)4/h15-17,19-20H,5-14H2,1-4H3. The van der Waals surface area contributed by atoms with Crippen LogP contribution in [0.1, 0.15) is 79.1 Å². The van der Waals surface area contributed by atoms with Crippen molar-refractivity contribution in [1.82, 2.24) is 5.32 Å². The molecule has 2 N–H and O–H groups in total. The zero-order valence-corrected chi connectivity index (χ0v) is 14.7. The first kappa shape index (κ1) is 18.9. The molecule has 1 aliphatic carbocycles. The number of aliphatic hydroxyl groups excluding tert-OH is 1. The molecule has 0 aliphatic heterocycles. The minimum Gasteiger partial charge on any atom is -0.394 e. The van der Waals surface area contributed by atoms with Crippen molar-refractivity contribution in [3.8, 4) is 0 Å². The van der Waals surface area contributed by atoms with Gasteiger partial charge in [0.1, 0.15) is 0 Å². The number of hydrogen-bond donors (Lipinski definition) is 2. The van der Waals surface area contributed by atoms with Gasteiger partial charge in [-0.3, -0.25) is 0 Å². The van der Waals surface area contributed by atoms with Crippen molar-refractivity contribution < 1.29 is 9.84 Å². The molecule has 0 spiro atoms. The maximum atomic E-state index is 9.83. The number of unbranched alkanes of at least 4 members (excludes halogenated alkanes) is 1. The van der Waals surface area contributed by atoms with Crippen molar-refractivity contribution in [2.45, 2.75) is 96.7 Å². The Morgan fingerprint density at radius 3 is 2.67 bits per heavy atom. The summed E-state index contributed by atoms with van der Waals surface area (Å²) >= 11 is 0. The fraction of sp³-hybridized carbons (Fsp3) is 1.00. The molecule has 0 aromatic rings. The Morgan fingerprint density at radius 1 is 1.33 bits per heavy atom. The fourth-order valence-electron chi connectivity index (χ4n) is 3.55. The van der Waals surface area contributed by atoms with E-state index in [1.54, 1.807) is 0 Å². The molecule has 0 heterocycles. The van der Waals surface area contributed by atoms with Gasteiger partial charge in [-0.2, -0.15) is 0 Å². The number of ether oxygens (including phenoxy) is 1. The van der Waals surface area contributed by atoms with E-state index in [1.165, 1.54) is 25.7 Å². The van der Waals surface area contributed by atoms with Crippen LogP contribution in [0.5, 0.6) is 0 Å². The van der Waals surface area contributed by atoms with Gasteiger partial charge in [-0.1, -0.05) is 47.0 Å². The van der Waals surface area contributed by atoms with E-state index in [-0.39, 0.29) is 12.1 Å². The van der Waals surface area contributed by atoms with Gasteiger partial charge in [0.2, 0.25) is 0 Å². The van der Waals surface area contributed by atoms with Gasteiger partial charge in [0.05, 0.1) is 12.7 Å². The molecule has 126 valence electrons. The second-order valence-electron chi connectivity index (χ2n) is 7.21. The topological polar surface area (TPSA) is 41.5 Å². The second kappa shape index (κ2) is 9.81. The minimum atomic E-state index is -0.123. The van der Waals surface area contributed by atoms with Crippen molar-refractivity contribution in [3.63, 3.8) is 0 Å². The SMILES string of the molecule is CCCCC(CC)COC1CCCC(CO)(NC(C)C)C1. The van der Waals surface area contributed by atoms with Crippen LogP contribution in [0.25, 0.3) is 0 Å². The summed E-state index contributed by atoms with van der Waals surface area (Å²) in [6.45, 7) is 9.94. The van der Waals surface area contributed by atoms with Crippen molar-refractivity contribution in [2.24, 2.45) is 5.92 Å². The molecule has 21 heavy (non-hydrogen) atoms. The molecule has 3 unspecified atom stereocenters. The number of rotatable bonds is 10. The highest BCUT2D eigenvalue weighted by atomic mass is 16.5. The number of nitrogens with one attached hydrogen (secondary N) is 1. The van der Waals surface area contributed by atoms with Gasteiger partial charge in [0.15, 0.2) is 0 Å². The summed E-state index contributed by atoms with van der Waals surface area (Å²) in [5.41, 5.74) is -0.123. The summed E-state index contributed by atoms with van der Waals surface area (Å²) in [6, 6.07) is 0.406. The van der Waals surface area contributed by atoms with Crippen LogP contribution in [0.4, 0.5) is 0 Å². The summed E-state index contributed by atoms with van der Waals surface area (Å²) in [5, 5.41) is 13.4. The van der Waals surface area contributed by atoms with Gasteiger partial charge in [0.25, 0.3) is 0 Å². The third-order valence-electron chi connectivity index (χ3n) is 4.81. The number of aliphatic hydroxyl groups is 1. The molecule has 1 aliphatic rings. The second-order valence-corrected chi connectivity index (χ2v) is 7.21. The molecule has 3 atom stereocenters. The molecule has 0 saturated heterocycles. The molecule has 0 amide bonds. The smallest absolute Gasteiger partial charge is 0.0614 e. The van der Waals surface area contributed by atoms with E-state index in [0.29, 0.717) is 18.1 Å². The third kappa shape index (κ3) is 6.66. The molecule has 3 heteroatoms. The summed E-state index contributed by atoms with van der Waals surface area (Å²) in [5.74, 6) is 0.702. The highest BCUT2D eigenvalue weighted by Gasteiger charge is 2.36. The lowest BCUT2D eigenvalue weighted by atomic mass is 9.80. The minimum absolute atomic E-state index is 0.123. The van der Waals surface area contributed by atoms with Crippen LogP contribution in [0.15, 0.2) is 0 Å². The predicted molar refractivity (Wildman–Crippen MR) is 89.6 cm³/mol. The van der Waals surface area contributed by atoms with Crippen molar-refractivity contribution in [3.05, 3.63) is 0 Å². The number of hydrogen-bond acceptors (Lipinski definition) is 3. The molecule has 1 fully saturated rings. The molecule has 0 radical (unpaired) electrons. The monoisotopic (exact) mass is 299 g/mol. The zero-order chi connectivity index (χ0) is 15.7. The molecule has 0 aromatic carbocycles. The summed E-state index contributed by atoms with van der Waals surface area (Å²) < 4.78 is 6.22. The Labute approximate surface area is 131 Å². The van der Waals surface area contributed by atoms with Gasteiger partial charge in [-0.15, -0.1) is 0 Å². The molecule has 1 saturated carbocycles. The van der Waals surface area contributed by atoms with E-state index in [0.717, 1.165) is 32.3 Å². The van der Waals surface area contributed by atoms with Crippen LogP contribution in [0, 0.1) is 5.92 Å². The van der Waals surface area contributed by atoms with Crippen LogP contribution in [0.3, 0.4) is 0 Å². The van der Waals surface area contributed by atoms with Gasteiger partial charge in [0, 0.05) is 18.2 Å². The summed E-state index contributed by atoms with van der Waals surface area (Å²) in [7, 11) is 0. The van der Waals surface area contributed by atoms with Gasteiger partial charge in [-0.05, 0) is 38.0 Å². The van der Waals surface area contributed by atoms with E-state index >= 15 is 0 Å². The summed E-state index contributed by atoms with van der Waals surface area (Å²) in [4.78, 5) is 0. The Kier molecular flexibility index (Phi) is 8.84. The third-order valence-corrected chi connectivity index (χ3v) is 4.81. The van der Waals surface area contributed by atoms with Crippen LogP contribution < -0.4 is 5.32 Å². The maximum absolute atomic E-state index is 9.83. The zero-order valence-electron chi connectivity index (χ0n) is 14.7. The van der Waals surface area contributed by atoms with Crippen molar-refractivity contribution >= 4 is 0 Å². The quantitative estimate of drug-likeness (QED) is 0.643. The molecular formula is C18H37NO2. The predicted octanol–water partition coefficient (Wildman–Crippen LogP) is 3.89. The maximum Gasteiger partial charge on any atom is 0.0614 e. The normalized spacial score (nSPS) is 28.0. The van der Waals surface area contributed by atoms with Gasteiger partial charge in [-0.25, -0.2) is 0 Å². The van der Waals surface area contributed by atoms with E-state index < -0.39 is 0 Å². The molecule has 1 rings (SSSR count). The average molecular weight is 299 g/mol. The van der Waals surface area contributed by atoms with Crippen molar-refractivity contribution in [1.29, 1.82) is 0 Å². The average Bonchev–Trinajstić information content (AvgIpc) is 2.47. The van der Waals surface area contributed by atoms with Crippen LogP contribution in [-0.4, -0.2) is 36.0 Å². The molecule has 0 bridgehead atoms. The Bertz CT molecular complexity index is 270. The first-order valence-corrected chi connectivity index (χ1v) is 9.05. The highest BCUT2D eigenvalue weighted by molar-refractivity contribution is 4.94. The lowest BCUT2D eigenvalue weighted by Gasteiger charge is -2.42. The first-order valence-electron chi connectivity index (χ1n) is 9.05. The Morgan fingerprint density at radius 2 is 2.10 bits per heavy atom. The van der Waals surface area contributed by atoms with Crippen LogP contribution in [-0.2, 0) is 4.74 Å². The highest BCUT2D eigenvalue weighted by Crippen LogP contribution is 2.31. The Balaban J connectivity index is 2.44. The first-order chi connectivity index (χ1) is 10.0. The molecule has 3 nitrogen and oxygen atoms in total. The van der Waals surface area contributed by atoms with E-state index in [4.69, 9.17) is 4.74 Å². The van der Waals surface area contributed by atoms with E-state index in [1.807, 2.05) is 0 Å².